The molecular weight excluding hydrogens is 218 g/mol. The monoisotopic (exact) mass is 237 g/mol. The van der Waals surface area contributed by atoms with Crippen molar-refractivity contribution in [3.63, 3.8) is 0 Å². The van der Waals surface area contributed by atoms with Crippen molar-refractivity contribution >= 4 is 11.4 Å². The lowest BCUT2D eigenvalue weighted by Crippen LogP contribution is -2.16. The molecule has 5 heteroatoms. The van der Waals surface area contributed by atoms with Crippen molar-refractivity contribution in [3.8, 4) is 0 Å². The molecule has 1 rings (SSSR count). The van der Waals surface area contributed by atoms with Crippen LogP contribution in [0, 0.1) is 17.0 Å². The Bertz CT molecular complexity index is 391. The maximum absolute atomic E-state index is 10.6. The van der Waals surface area contributed by atoms with Crippen molar-refractivity contribution < 1.29 is 4.92 Å². The Labute approximate surface area is 102 Å². The number of anilines is 1. The number of non-ortho nitro benzene ring substituents is 1. The summed E-state index contributed by atoms with van der Waals surface area (Å²) in [7, 11) is 4.08. The first-order valence-electron chi connectivity index (χ1n) is 5.64. The topological polar surface area (TPSA) is 58.4 Å². The maximum atomic E-state index is 10.6. The summed E-state index contributed by atoms with van der Waals surface area (Å²) in [5.41, 5.74) is 2.01. The Morgan fingerprint density at radius 2 is 2.12 bits per heavy atom. The van der Waals surface area contributed by atoms with E-state index in [1.165, 1.54) is 6.07 Å². The number of nitrogens with zero attached hydrogens (tertiary/aromatic N) is 2. The van der Waals surface area contributed by atoms with Crippen LogP contribution in [0.15, 0.2) is 18.2 Å². The molecule has 0 unspecified atom stereocenters. The molecule has 0 saturated carbocycles. The fourth-order valence-electron chi connectivity index (χ4n) is 1.58. The summed E-state index contributed by atoms with van der Waals surface area (Å²) < 4.78 is 0. The molecule has 1 aromatic carbocycles. The minimum absolute atomic E-state index is 0.140. The van der Waals surface area contributed by atoms with Crippen LogP contribution in [-0.4, -0.2) is 37.0 Å². The van der Waals surface area contributed by atoms with Gasteiger partial charge in [-0.3, -0.25) is 10.1 Å². The molecule has 0 aromatic heterocycles. The molecule has 0 atom stereocenters. The Kier molecular flexibility index (Phi) is 4.90. The van der Waals surface area contributed by atoms with Crippen LogP contribution in [0.25, 0.3) is 0 Å². The van der Waals surface area contributed by atoms with Crippen LogP contribution in [-0.2, 0) is 0 Å². The predicted octanol–water partition coefficient (Wildman–Crippen LogP) is 2.27. The molecule has 0 amide bonds. The number of rotatable bonds is 6. The van der Waals surface area contributed by atoms with E-state index in [0.29, 0.717) is 0 Å². The molecule has 0 bridgehead atoms. The van der Waals surface area contributed by atoms with Crippen molar-refractivity contribution in [2.75, 3.05) is 32.5 Å². The number of nitro groups is 1. The highest BCUT2D eigenvalue weighted by molar-refractivity contribution is 5.55. The summed E-state index contributed by atoms with van der Waals surface area (Å²) in [6.07, 6.45) is 1.05. The fraction of sp³-hybridized carbons (Fsp3) is 0.500. The Morgan fingerprint density at radius 3 is 2.65 bits per heavy atom. The van der Waals surface area contributed by atoms with E-state index in [0.717, 1.165) is 30.8 Å². The van der Waals surface area contributed by atoms with Crippen LogP contribution in [0.4, 0.5) is 11.4 Å². The van der Waals surface area contributed by atoms with E-state index < -0.39 is 0 Å². The number of benzene rings is 1. The number of nitrogens with one attached hydrogen (secondary N) is 1. The Hall–Kier alpha value is -1.62. The SMILES string of the molecule is Cc1cc([N+](=O)[O-])ccc1NCCCN(C)C. The Balaban J connectivity index is 2.52. The van der Waals surface area contributed by atoms with Gasteiger partial charge in [-0.15, -0.1) is 0 Å². The second-order valence-electron chi connectivity index (χ2n) is 4.34. The van der Waals surface area contributed by atoms with Crippen molar-refractivity contribution in [2.45, 2.75) is 13.3 Å². The molecule has 94 valence electrons. The summed E-state index contributed by atoms with van der Waals surface area (Å²) in [4.78, 5) is 12.3. The largest absolute Gasteiger partial charge is 0.385 e. The third kappa shape index (κ3) is 4.40. The van der Waals surface area contributed by atoms with Gasteiger partial charge in [0.1, 0.15) is 0 Å². The van der Waals surface area contributed by atoms with Gasteiger partial charge in [-0.1, -0.05) is 0 Å². The second-order valence-corrected chi connectivity index (χ2v) is 4.34. The average Bonchev–Trinajstić information content (AvgIpc) is 2.25. The van der Waals surface area contributed by atoms with Crippen LogP contribution in [0.1, 0.15) is 12.0 Å². The van der Waals surface area contributed by atoms with E-state index in [1.807, 2.05) is 21.0 Å². The van der Waals surface area contributed by atoms with Gasteiger partial charge in [-0.2, -0.15) is 0 Å². The maximum Gasteiger partial charge on any atom is 0.269 e. The number of hydrogen-bond acceptors (Lipinski definition) is 4. The van der Waals surface area contributed by atoms with Crippen LogP contribution in [0.3, 0.4) is 0 Å². The van der Waals surface area contributed by atoms with Gasteiger partial charge in [0.25, 0.3) is 5.69 Å². The molecule has 0 aliphatic rings. The highest BCUT2D eigenvalue weighted by Gasteiger charge is 2.07. The van der Waals surface area contributed by atoms with Crippen molar-refractivity contribution in [2.24, 2.45) is 0 Å². The molecule has 0 fully saturated rings. The van der Waals surface area contributed by atoms with Crippen LogP contribution in [0.2, 0.25) is 0 Å². The van der Waals surface area contributed by atoms with Crippen molar-refractivity contribution in [3.05, 3.63) is 33.9 Å². The van der Waals surface area contributed by atoms with Crippen LogP contribution >= 0.6 is 0 Å². The van der Waals surface area contributed by atoms with E-state index >= 15 is 0 Å². The highest BCUT2D eigenvalue weighted by atomic mass is 16.6. The van der Waals surface area contributed by atoms with Gasteiger partial charge >= 0.3 is 0 Å². The summed E-state index contributed by atoms with van der Waals surface area (Å²) in [6.45, 7) is 3.77. The molecule has 0 heterocycles. The Morgan fingerprint density at radius 1 is 1.41 bits per heavy atom. The zero-order chi connectivity index (χ0) is 12.8. The van der Waals surface area contributed by atoms with E-state index in [2.05, 4.69) is 10.2 Å². The van der Waals surface area contributed by atoms with E-state index in [4.69, 9.17) is 0 Å². The molecule has 0 aliphatic carbocycles. The van der Waals surface area contributed by atoms with E-state index in [1.54, 1.807) is 12.1 Å². The van der Waals surface area contributed by atoms with Gasteiger partial charge < -0.3 is 10.2 Å². The van der Waals surface area contributed by atoms with Crippen molar-refractivity contribution in [1.29, 1.82) is 0 Å². The van der Waals surface area contributed by atoms with Crippen LogP contribution < -0.4 is 5.32 Å². The van der Waals surface area contributed by atoms with Gasteiger partial charge in [0.15, 0.2) is 0 Å². The second kappa shape index (κ2) is 6.20. The third-order valence-corrected chi connectivity index (χ3v) is 2.52. The van der Waals surface area contributed by atoms with E-state index in [-0.39, 0.29) is 10.6 Å². The first-order chi connectivity index (χ1) is 8.00. The summed E-state index contributed by atoms with van der Waals surface area (Å²) in [5, 5.41) is 13.9. The minimum atomic E-state index is -0.372. The lowest BCUT2D eigenvalue weighted by molar-refractivity contribution is -0.384. The summed E-state index contributed by atoms with van der Waals surface area (Å²) >= 11 is 0. The van der Waals surface area contributed by atoms with Gasteiger partial charge in [-0.25, -0.2) is 0 Å². The van der Waals surface area contributed by atoms with Crippen molar-refractivity contribution in [1.82, 2.24) is 4.90 Å². The van der Waals surface area contributed by atoms with Gasteiger partial charge in [0, 0.05) is 24.4 Å². The molecule has 1 N–H and O–H groups in total. The highest BCUT2D eigenvalue weighted by Crippen LogP contribution is 2.20. The minimum Gasteiger partial charge on any atom is -0.385 e. The third-order valence-electron chi connectivity index (χ3n) is 2.52. The standard InChI is InChI=1S/C12H19N3O2/c1-10-9-11(15(16)17)5-6-12(10)13-7-4-8-14(2)3/h5-6,9,13H,4,7-8H2,1-3H3. The first-order valence-corrected chi connectivity index (χ1v) is 5.64. The smallest absolute Gasteiger partial charge is 0.269 e. The zero-order valence-corrected chi connectivity index (χ0v) is 10.6. The zero-order valence-electron chi connectivity index (χ0n) is 10.6. The summed E-state index contributed by atoms with van der Waals surface area (Å²) in [6, 6.07) is 4.89. The molecule has 0 saturated heterocycles. The normalized spacial score (nSPS) is 10.6. The number of nitro benzene ring substituents is 1. The van der Waals surface area contributed by atoms with Gasteiger partial charge in [0.2, 0.25) is 0 Å². The molecule has 17 heavy (non-hydrogen) atoms. The predicted molar refractivity (Wildman–Crippen MR) is 69.5 cm³/mol. The van der Waals surface area contributed by atoms with Gasteiger partial charge in [-0.05, 0) is 45.6 Å². The van der Waals surface area contributed by atoms with Gasteiger partial charge in [0.05, 0.1) is 4.92 Å². The molecule has 0 aliphatic heterocycles. The van der Waals surface area contributed by atoms with Crippen LogP contribution in [0.5, 0.6) is 0 Å². The molecule has 1 aromatic rings. The lowest BCUT2D eigenvalue weighted by atomic mass is 10.2. The molecule has 0 radical (unpaired) electrons. The van der Waals surface area contributed by atoms with E-state index in [9.17, 15) is 10.1 Å². The number of hydrogen-bond donors (Lipinski definition) is 1. The molecule has 0 spiro atoms. The summed E-state index contributed by atoms with van der Waals surface area (Å²) in [5.74, 6) is 0. The lowest BCUT2D eigenvalue weighted by Gasteiger charge is -2.12. The quantitative estimate of drug-likeness (QED) is 0.468. The molecular formula is C12H19N3O2. The molecule has 5 nitrogen and oxygen atoms in total. The average molecular weight is 237 g/mol. The first kappa shape index (κ1) is 13.4. The number of aryl methyl sites for hydroxylation is 1. The fourth-order valence-corrected chi connectivity index (χ4v) is 1.58.